The van der Waals surface area contributed by atoms with Crippen LogP contribution in [0, 0.1) is 5.92 Å². The number of halogens is 3. The Labute approximate surface area is 184 Å². The van der Waals surface area contributed by atoms with Gasteiger partial charge in [-0.1, -0.05) is 37.5 Å². The Morgan fingerprint density at radius 2 is 1.77 bits per heavy atom. The average molecular weight is 449 g/mol. The highest BCUT2D eigenvalue weighted by atomic mass is 32.1. The smallest absolute Gasteiger partial charge is 0.406 e. The summed E-state index contributed by atoms with van der Waals surface area (Å²) in [5, 5.41) is 0. The molecule has 3 nitrogen and oxygen atoms in total. The molecular weight excluding hydrogens is 421 g/mol. The van der Waals surface area contributed by atoms with Crippen LogP contribution in [-0.2, 0) is 6.42 Å². The number of benzene rings is 2. The molecule has 1 aliphatic heterocycles. The average Bonchev–Trinajstić information content (AvgIpc) is 3.23. The zero-order valence-corrected chi connectivity index (χ0v) is 18.2. The highest BCUT2D eigenvalue weighted by Crippen LogP contribution is 2.32. The minimum atomic E-state index is -4.63. The Morgan fingerprint density at radius 3 is 2.52 bits per heavy atom. The molecule has 0 amide bonds. The van der Waals surface area contributed by atoms with Gasteiger partial charge in [0, 0.05) is 13.1 Å². The molecule has 0 unspecified atom stereocenters. The van der Waals surface area contributed by atoms with Gasteiger partial charge in [-0.25, -0.2) is 4.98 Å². The molecule has 0 saturated carbocycles. The van der Waals surface area contributed by atoms with Crippen LogP contribution in [0.15, 0.2) is 48.0 Å². The summed E-state index contributed by atoms with van der Waals surface area (Å²) in [6.45, 7) is 2.18. The lowest BCUT2D eigenvalue weighted by Gasteiger charge is -2.33. The Balaban J connectivity index is 1.14. The summed E-state index contributed by atoms with van der Waals surface area (Å²) in [6.07, 6.45) is 3.38. The number of fused-ring (bicyclic) bond motifs is 1. The zero-order valence-electron chi connectivity index (χ0n) is 17.4. The molecule has 0 atom stereocenters. The van der Waals surface area contributed by atoms with E-state index in [9.17, 15) is 13.2 Å². The summed E-state index contributed by atoms with van der Waals surface area (Å²) in [5.41, 5.74) is 5.37. The van der Waals surface area contributed by atoms with Gasteiger partial charge >= 0.3 is 6.36 Å². The Kier molecular flexibility index (Phi) is 7.00. The Hall–Kier alpha value is -2.28. The molecule has 31 heavy (non-hydrogen) atoms. The molecule has 7 heteroatoms. The molecule has 2 heterocycles. The third-order valence-corrected chi connectivity index (χ3v) is 6.82. The normalized spacial score (nSPS) is 15.5. The van der Waals surface area contributed by atoms with Gasteiger partial charge < -0.3 is 9.64 Å². The van der Waals surface area contributed by atoms with Crippen molar-refractivity contribution in [2.45, 2.75) is 51.3 Å². The second-order valence-corrected chi connectivity index (χ2v) is 9.08. The number of nitrogens with zero attached hydrogens (tertiary/aromatic N) is 2. The van der Waals surface area contributed by atoms with Gasteiger partial charge in [0.25, 0.3) is 0 Å². The summed E-state index contributed by atoms with van der Waals surface area (Å²) in [4.78, 5) is 7.03. The second kappa shape index (κ2) is 9.90. The van der Waals surface area contributed by atoms with Gasteiger partial charge in [0.2, 0.25) is 0 Å². The first-order valence-electron chi connectivity index (χ1n) is 10.9. The number of hydrogen-bond acceptors (Lipinski definition) is 4. The van der Waals surface area contributed by atoms with E-state index in [-0.39, 0.29) is 5.75 Å². The molecule has 1 saturated heterocycles. The van der Waals surface area contributed by atoms with E-state index in [1.807, 2.05) is 5.51 Å². The van der Waals surface area contributed by atoms with Crippen molar-refractivity contribution in [3.8, 4) is 5.75 Å². The number of aromatic nitrogens is 1. The molecule has 0 radical (unpaired) electrons. The van der Waals surface area contributed by atoms with E-state index < -0.39 is 6.36 Å². The molecular formula is C24H27F3N2OS. The first kappa shape index (κ1) is 21.9. The predicted octanol–water partition coefficient (Wildman–Crippen LogP) is 7.21. The van der Waals surface area contributed by atoms with Crippen LogP contribution < -0.4 is 9.64 Å². The Bertz CT molecular complexity index is 963. The van der Waals surface area contributed by atoms with Gasteiger partial charge in [-0.05, 0) is 61.4 Å². The number of piperidine rings is 1. The summed E-state index contributed by atoms with van der Waals surface area (Å²) in [6, 6.07) is 12.7. The molecule has 0 bridgehead atoms. The van der Waals surface area contributed by atoms with E-state index in [2.05, 4.69) is 32.8 Å². The molecule has 0 spiro atoms. The van der Waals surface area contributed by atoms with Crippen LogP contribution in [-0.4, -0.2) is 24.4 Å². The minimum absolute atomic E-state index is 0.159. The molecule has 3 aromatic rings. The number of thiazole rings is 1. The molecule has 4 rings (SSSR count). The lowest BCUT2D eigenvalue weighted by Crippen LogP contribution is -2.33. The second-order valence-electron chi connectivity index (χ2n) is 8.20. The van der Waals surface area contributed by atoms with Crippen molar-refractivity contribution in [2.75, 3.05) is 18.0 Å². The number of para-hydroxylation sites is 1. The first-order chi connectivity index (χ1) is 15.0. The van der Waals surface area contributed by atoms with E-state index in [0.717, 1.165) is 49.4 Å². The Morgan fingerprint density at radius 1 is 1.00 bits per heavy atom. The largest absolute Gasteiger partial charge is 0.573 e. The van der Waals surface area contributed by atoms with Crippen molar-refractivity contribution >= 4 is 27.2 Å². The predicted molar refractivity (Wildman–Crippen MR) is 120 cm³/mol. The quantitative estimate of drug-likeness (QED) is 0.340. The van der Waals surface area contributed by atoms with Crippen LogP contribution >= 0.6 is 11.3 Å². The van der Waals surface area contributed by atoms with Gasteiger partial charge in [-0.3, -0.25) is 0 Å². The van der Waals surface area contributed by atoms with E-state index in [0.29, 0.717) is 0 Å². The highest BCUT2D eigenvalue weighted by molar-refractivity contribution is 7.16. The lowest BCUT2D eigenvalue weighted by molar-refractivity contribution is -0.274. The topological polar surface area (TPSA) is 25.4 Å². The van der Waals surface area contributed by atoms with E-state index in [1.54, 1.807) is 23.5 Å². The maximum atomic E-state index is 12.2. The number of aryl methyl sites for hydroxylation is 1. The molecule has 166 valence electrons. The molecule has 0 aliphatic carbocycles. The van der Waals surface area contributed by atoms with Gasteiger partial charge in [0.05, 0.1) is 15.9 Å². The standard InChI is InChI=1S/C24H27F3N2OS/c25-24(26,27)30-20-11-9-18(10-12-20)5-2-1-3-6-19-13-15-29(16-14-19)21-7-4-8-22-23(21)28-17-31-22/h4,7-12,17,19H,1-3,5-6,13-16H2. The summed E-state index contributed by atoms with van der Waals surface area (Å²) >= 11 is 1.69. The first-order valence-corrected chi connectivity index (χ1v) is 11.8. The highest BCUT2D eigenvalue weighted by Gasteiger charge is 2.30. The van der Waals surface area contributed by atoms with E-state index in [4.69, 9.17) is 0 Å². The zero-order chi connectivity index (χ0) is 21.7. The van der Waals surface area contributed by atoms with Gasteiger partial charge in [0.1, 0.15) is 11.3 Å². The fraction of sp³-hybridized carbons (Fsp3) is 0.458. The summed E-state index contributed by atoms with van der Waals surface area (Å²) < 4.78 is 41.8. The maximum Gasteiger partial charge on any atom is 0.573 e. The maximum absolute atomic E-state index is 12.2. The van der Waals surface area contributed by atoms with Crippen LogP contribution in [0.4, 0.5) is 18.9 Å². The number of rotatable bonds is 8. The van der Waals surface area contributed by atoms with Gasteiger partial charge in [0.15, 0.2) is 0 Å². The van der Waals surface area contributed by atoms with Crippen molar-refractivity contribution in [1.29, 1.82) is 0 Å². The number of ether oxygens (including phenoxy) is 1. The minimum Gasteiger partial charge on any atom is -0.406 e. The van der Waals surface area contributed by atoms with Crippen LogP contribution in [0.2, 0.25) is 0 Å². The van der Waals surface area contributed by atoms with E-state index in [1.165, 1.54) is 48.2 Å². The lowest BCUT2D eigenvalue weighted by atomic mass is 9.90. The van der Waals surface area contributed by atoms with Crippen molar-refractivity contribution in [3.63, 3.8) is 0 Å². The van der Waals surface area contributed by atoms with Crippen LogP contribution in [0.3, 0.4) is 0 Å². The van der Waals surface area contributed by atoms with E-state index >= 15 is 0 Å². The van der Waals surface area contributed by atoms with Crippen LogP contribution in [0.5, 0.6) is 5.75 Å². The monoisotopic (exact) mass is 448 g/mol. The SMILES string of the molecule is FC(F)(F)Oc1ccc(CCCCCC2CCN(c3cccc4scnc34)CC2)cc1. The third-order valence-electron chi connectivity index (χ3n) is 6.03. The molecule has 1 aliphatic rings. The molecule has 0 N–H and O–H groups in total. The fourth-order valence-corrected chi connectivity index (χ4v) is 5.08. The van der Waals surface area contributed by atoms with Crippen molar-refractivity contribution in [3.05, 3.63) is 53.5 Å². The number of alkyl halides is 3. The van der Waals surface area contributed by atoms with Crippen molar-refractivity contribution < 1.29 is 17.9 Å². The molecule has 1 fully saturated rings. The van der Waals surface area contributed by atoms with Crippen molar-refractivity contribution in [2.24, 2.45) is 5.92 Å². The van der Waals surface area contributed by atoms with Crippen LogP contribution in [0.1, 0.15) is 44.1 Å². The summed E-state index contributed by atoms with van der Waals surface area (Å²) in [5.74, 6) is 0.623. The molecule has 1 aromatic heterocycles. The number of unbranched alkanes of at least 4 members (excludes halogenated alkanes) is 2. The number of hydrogen-bond donors (Lipinski definition) is 0. The molecule has 2 aromatic carbocycles. The van der Waals surface area contributed by atoms with Crippen LogP contribution in [0.25, 0.3) is 10.2 Å². The van der Waals surface area contributed by atoms with Crippen molar-refractivity contribution in [1.82, 2.24) is 4.98 Å². The third kappa shape index (κ3) is 6.12. The fourth-order valence-electron chi connectivity index (χ4n) is 4.39. The van der Waals surface area contributed by atoms with Gasteiger partial charge in [-0.15, -0.1) is 24.5 Å². The number of anilines is 1. The summed E-state index contributed by atoms with van der Waals surface area (Å²) in [7, 11) is 0. The van der Waals surface area contributed by atoms with Gasteiger partial charge in [-0.2, -0.15) is 0 Å².